The number of rotatable bonds is 4. The second-order valence-corrected chi connectivity index (χ2v) is 8.90. The van der Waals surface area contributed by atoms with Crippen molar-refractivity contribution in [2.75, 3.05) is 21.4 Å². The molecule has 3 rings (SSSR count). The summed E-state index contributed by atoms with van der Waals surface area (Å²) in [6.07, 6.45) is 0.267. The number of alkyl halides is 2. The molecule has 2 aliphatic rings. The van der Waals surface area contributed by atoms with Crippen LogP contribution in [0.1, 0.15) is 6.42 Å². The first kappa shape index (κ1) is 22.0. The summed E-state index contributed by atoms with van der Waals surface area (Å²) in [7, 11) is -3.91. The third kappa shape index (κ3) is 3.94. The van der Waals surface area contributed by atoms with Crippen molar-refractivity contribution in [3.05, 3.63) is 23.0 Å². The molecule has 7 nitrogen and oxygen atoms in total. The zero-order chi connectivity index (χ0) is 18.5. The van der Waals surface area contributed by atoms with Gasteiger partial charge in [0.05, 0.1) is 21.8 Å². The molecule has 13 heteroatoms. The number of benzene rings is 1. The molecule has 26 heavy (non-hydrogen) atoms. The number of imide groups is 1. The summed E-state index contributed by atoms with van der Waals surface area (Å²) in [5.74, 6) is -1.57. The van der Waals surface area contributed by atoms with Crippen LogP contribution in [0.25, 0.3) is 0 Å². The number of nitrogens with one attached hydrogen (secondary N) is 1. The molecule has 1 aromatic carbocycles. The molecular weight excluding hydrogens is 443 g/mol. The third-order valence-corrected chi connectivity index (χ3v) is 6.19. The maximum absolute atomic E-state index is 14.3. The minimum absolute atomic E-state index is 0. The fraction of sp³-hybridized carbons (Fsp3) is 0.385. The van der Waals surface area contributed by atoms with Crippen LogP contribution in [0, 0.1) is 5.82 Å². The van der Waals surface area contributed by atoms with Gasteiger partial charge >= 0.3 is 35.6 Å². The zero-order valence-corrected chi connectivity index (χ0v) is 15.5. The molecule has 1 N–H and O–H groups in total. The number of amides is 3. The van der Waals surface area contributed by atoms with E-state index in [1.54, 1.807) is 0 Å². The summed E-state index contributed by atoms with van der Waals surface area (Å²) in [4.78, 5) is 26.8. The minimum atomic E-state index is -3.91. The van der Waals surface area contributed by atoms with Crippen molar-refractivity contribution in [3.63, 3.8) is 0 Å². The summed E-state index contributed by atoms with van der Waals surface area (Å²) in [5, 5.41) is -1.33. The van der Waals surface area contributed by atoms with Crippen molar-refractivity contribution >= 4 is 97.7 Å². The Morgan fingerprint density at radius 2 is 1.96 bits per heavy atom. The summed E-state index contributed by atoms with van der Waals surface area (Å²) >= 11 is 17.1. The summed E-state index contributed by atoms with van der Waals surface area (Å²) < 4.78 is 39.6. The number of fused-ring (bicyclic) bond motifs is 1. The van der Waals surface area contributed by atoms with Crippen LogP contribution in [0.15, 0.2) is 12.1 Å². The number of anilines is 2. The predicted octanol–water partition coefficient (Wildman–Crippen LogP) is 1.92. The molecule has 0 radical (unpaired) electrons. The molecule has 0 bridgehead atoms. The van der Waals surface area contributed by atoms with Crippen molar-refractivity contribution in [2.24, 2.45) is 0 Å². The number of hydrogen-bond donors (Lipinski definition) is 1. The zero-order valence-electron chi connectivity index (χ0n) is 12.4. The average Bonchev–Trinajstić information content (AvgIpc) is 3.01. The normalized spacial score (nSPS) is 22.5. The first-order valence-corrected chi connectivity index (χ1v) is 9.99. The Balaban J connectivity index is 0.00000243. The fourth-order valence-corrected chi connectivity index (χ4v) is 4.10. The van der Waals surface area contributed by atoms with Gasteiger partial charge in [0.2, 0.25) is 10.0 Å². The Kier molecular flexibility index (Phi) is 6.76. The van der Waals surface area contributed by atoms with Gasteiger partial charge in [-0.2, -0.15) is 0 Å². The molecule has 2 fully saturated rings. The molecule has 2 unspecified atom stereocenters. The quantitative estimate of drug-likeness (QED) is 0.428. The third-order valence-electron chi connectivity index (χ3n) is 3.88. The van der Waals surface area contributed by atoms with Crippen LogP contribution in [0.4, 0.5) is 20.6 Å². The second kappa shape index (κ2) is 7.98. The maximum atomic E-state index is 14.3. The van der Waals surface area contributed by atoms with Crippen LogP contribution in [0.3, 0.4) is 0 Å². The Hall–Kier alpha value is -0.290. The molecule has 2 heterocycles. The van der Waals surface area contributed by atoms with Gasteiger partial charge in [-0.25, -0.2) is 22.5 Å². The van der Waals surface area contributed by atoms with Gasteiger partial charge in [-0.15, -0.1) is 23.2 Å². The molecule has 2 atom stereocenters. The van der Waals surface area contributed by atoms with Crippen molar-refractivity contribution < 1.29 is 22.4 Å². The number of carbonyl (C=O) groups is 2. The van der Waals surface area contributed by atoms with Gasteiger partial charge in [-0.1, -0.05) is 11.6 Å². The van der Waals surface area contributed by atoms with E-state index in [9.17, 15) is 22.4 Å². The second-order valence-electron chi connectivity index (χ2n) is 5.57. The molecule has 0 aromatic heterocycles. The van der Waals surface area contributed by atoms with Gasteiger partial charge in [-0.05, 0) is 18.6 Å². The predicted molar refractivity (Wildman–Crippen MR) is 99.5 cm³/mol. The first-order chi connectivity index (χ1) is 11.6. The summed E-state index contributed by atoms with van der Waals surface area (Å²) in [6.45, 7) is 0.175. The molecule has 0 spiro atoms. The van der Waals surface area contributed by atoms with Crippen molar-refractivity contribution in [2.45, 2.75) is 17.8 Å². The SMILES string of the molecule is O=C1C2CC(Cl)CN2C(=O)N1c1cc(NS(=O)(=O)CCl)c(Cl)cc1F.[NaH]. The monoisotopic (exact) mass is 453 g/mol. The summed E-state index contributed by atoms with van der Waals surface area (Å²) in [5.41, 5.74) is -0.589. The molecule has 0 saturated carbocycles. The average molecular weight is 455 g/mol. The van der Waals surface area contributed by atoms with Crippen LogP contribution < -0.4 is 9.62 Å². The van der Waals surface area contributed by atoms with E-state index < -0.39 is 44.7 Å². The van der Waals surface area contributed by atoms with Gasteiger partial charge < -0.3 is 4.90 Å². The number of sulfonamides is 1. The number of carbonyl (C=O) groups excluding carboxylic acids is 2. The van der Waals surface area contributed by atoms with Gasteiger partial charge in [0.15, 0.2) is 0 Å². The van der Waals surface area contributed by atoms with E-state index in [-0.39, 0.29) is 58.6 Å². The molecule has 0 aliphatic carbocycles. The van der Waals surface area contributed by atoms with Crippen molar-refractivity contribution in [1.82, 2.24) is 4.90 Å². The van der Waals surface area contributed by atoms with E-state index in [1.807, 2.05) is 0 Å². The Labute approximate surface area is 186 Å². The topological polar surface area (TPSA) is 86.8 Å². The molecule has 138 valence electrons. The van der Waals surface area contributed by atoms with Crippen LogP contribution in [-0.4, -0.2) is 78.0 Å². The van der Waals surface area contributed by atoms with E-state index >= 15 is 0 Å². The molecule has 1 aromatic rings. The number of nitrogens with zero attached hydrogens (tertiary/aromatic N) is 2. The summed E-state index contributed by atoms with van der Waals surface area (Å²) in [6, 6.07) is 0.327. The Morgan fingerprint density at radius 3 is 2.54 bits per heavy atom. The molecule has 2 aliphatic heterocycles. The van der Waals surface area contributed by atoms with Crippen molar-refractivity contribution in [3.8, 4) is 0 Å². The number of hydrogen-bond acceptors (Lipinski definition) is 4. The van der Waals surface area contributed by atoms with Crippen molar-refractivity contribution in [1.29, 1.82) is 0 Å². The van der Waals surface area contributed by atoms with Gasteiger partial charge in [0, 0.05) is 6.54 Å². The molecule has 3 amide bonds. The van der Waals surface area contributed by atoms with E-state index in [0.29, 0.717) is 4.90 Å². The first-order valence-electron chi connectivity index (χ1n) is 6.98. The Bertz CT molecular complexity index is 848. The van der Waals surface area contributed by atoms with Crippen LogP contribution in [-0.2, 0) is 14.8 Å². The fourth-order valence-electron chi connectivity index (χ4n) is 2.81. The van der Waals surface area contributed by atoms with E-state index in [0.717, 1.165) is 12.1 Å². The molecule has 2 saturated heterocycles. The number of urea groups is 1. The molecular formula is C13H12Cl3FN3NaO4S. The van der Waals surface area contributed by atoms with Gasteiger partial charge in [0.1, 0.15) is 17.1 Å². The van der Waals surface area contributed by atoms with Crippen LogP contribution in [0.5, 0.6) is 0 Å². The van der Waals surface area contributed by atoms with Gasteiger partial charge in [0.25, 0.3) is 5.91 Å². The standard InChI is InChI=1S/C13H11Cl3FN3O4S.Na.H/c14-5-25(23,24)18-9-3-10(8(17)2-7(9)16)20-12(21)11-1-6(15)4-19(11)13(20)22;;/h2-3,6,11,18H,1,4-5H2;;. The van der Waals surface area contributed by atoms with E-state index in [1.165, 1.54) is 4.90 Å². The number of halogens is 4. The van der Waals surface area contributed by atoms with Crippen LogP contribution >= 0.6 is 34.8 Å². The van der Waals surface area contributed by atoms with E-state index in [2.05, 4.69) is 4.72 Å². The van der Waals surface area contributed by atoms with Crippen LogP contribution in [0.2, 0.25) is 5.02 Å². The Morgan fingerprint density at radius 1 is 1.31 bits per heavy atom. The van der Waals surface area contributed by atoms with Gasteiger partial charge in [-0.3, -0.25) is 9.52 Å². The van der Waals surface area contributed by atoms with E-state index in [4.69, 9.17) is 34.8 Å².